The third kappa shape index (κ3) is 4.35. The number of rotatable bonds is 6. The van der Waals surface area contributed by atoms with Crippen molar-refractivity contribution in [3.05, 3.63) is 66.4 Å². The Bertz CT molecular complexity index is 856. The van der Waals surface area contributed by atoms with Gasteiger partial charge < -0.3 is 15.2 Å². The number of nitrogens with one attached hydrogen (secondary N) is 2. The SMILES string of the molecule is CN=C(NCCCn1ccc2ccccc21)NCc1ncccc1F. The van der Waals surface area contributed by atoms with E-state index in [-0.39, 0.29) is 5.82 Å². The number of halogens is 1. The van der Waals surface area contributed by atoms with Crippen LogP contribution < -0.4 is 10.6 Å². The zero-order chi connectivity index (χ0) is 17.5. The molecule has 0 fully saturated rings. The van der Waals surface area contributed by atoms with E-state index in [1.807, 2.05) is 6.07 Å². The van der Waals surface area contributed by atoms with E-state index in [4.69, 9.17) is 0 Å². The standard InChI is InChI=1S/C19H22FN5/c1-21-19(24-14-17-16(20)7-4-10-22-17)23-11-5-12-25-13-9-15-6-2-3-8-18(15)25/h2-4,6-10,13H,5,11-12,14H2,1H3,(H2,21,23,24). The fourth-order valence-corrected chi connectivity index (χ4v) is 2.73. The van der Waals surface area contributed by atoms with Gasteiger partial charge in [-0.3, -0.25) is 9.98 Å². The molecule has 0 atom stereocenters. The predicted octanol–water partition coefficient (Wildman–Crippen LogP) is 2.93. The van der Waals surface area contributed by atoms with Crippen LogP contribution in [0.4, 0.5) is 4.39 Å². The van der Waals surface area contributed by atoms with Crippen LogP contribution in [-0.4, -0.2) is 29.1 Å². The average molecular weight is 339 g/mol. The van der Waals surface area contributed by atoms with Crippen molar-refractivity contribution in [2.45, 2.75) is 19.5 Å². The Hall–Kier alpha value is -2.89. The summed E-state index contributed by atoms with van der Waals surface area (Å²) in [4.78, 5) is 8.17. The van der Waals surface area contributed by atoms with Crippen LogP contribution in [0.2, 0.25) is 0 Å². The van der Waals surface area contributed by atoms with E-state index in [0.29, 0.717) is 18.2 Å². The summed E-state index contributed by atoms with van der Waals surface area (Å²) in [5, 5.41) is 7.58. The van der Waals surface area contributed by atoms with E-state index in [2.05, 4.69) is 55.6 Å². The Morgan fingerprint density at radius 2 is 2.04 bits per heavy atom. The number of hydrogen-bond donors (Lipinski definition) is 2. The Kier molecular flexibility index (Phi) is 5.61. The number of aryl methyl sites for hydroxylation is 1. The minimum Gasteiger partial charge on any atom is -0.356 e. The van der Waals surface area contributed by atoms with Crippen molar-refractivity contribution in [3.8, 4) is 0 Å². The lowest BCUT2D eigenvalue weighted by molar-refractivity contribution is 0.591. The molecule has 5 nitrogen and oxygen atoms in total. The third-order valence-electron chi connectivity index (χ3n) is 4.03. The molecule has 2 N–H and O–H groups in total. The first-order chi connectivity index (χ1) is 12.3. The molecule has 0 bridgehead atoms. The van der Waals surface area contributed by atoms with Crippen LogP contribution >= 0.6 is 0 Å². The molecule has 0 aliphatic heterocycles. The van der Waals surface area contributed by atoms with Crippen molar-refractivity contribution >= 4 is 16.9 Å². The number of benzene rings is 1. The van der Waals surface area contributed by atoms with Gasteiger partial charge in [-0.05, 0) is 36.1 Å². The molecular formula is C19H22FN5. The maximum atomic E-state index is 13.6. The molecule has 6 heteroatoms. The van der Waals surface area contributed by atoms with Crippen LogP contribution in [0.1, 0.15) is 12.1 Å². The highest BCUT2D eigenvalue weighted by Gasteiger charge is 2.04. The normalized spacial score (nSPS) is 11.7. The van der Waals surface area contributed by atoms with Gasteiger partial charge in [-0.15, -0.1) is 0 Å². The van der Waals surface area contributed by atoms with Crippen molar-refractivity contribution in [3.63, 3.8) is 0 Å². The summed E-state index contributed by atoms with van der Waals surface area (Å²) < 4.78 is 15.8. The number of para-hydroxylation sites is 1. The highest BCUT2D eigenvalue weighted by molar-refractivity contribution is 5.80. The fraction of sp³-hybridized carbons (Fsp3) is 0.263. The number of aromatic nitrogens is 2. The first-order valence-electron chi connectivity index (χ1n) is 8.36. The lowest BCUT2D eigenvalue weighted by Gasteiger charge is -2.12. The van der Waals surface area contributed by atoms with Crippen LogP contribution in [0.5, 0.6) is 0 Å². The van der Waals surface area contributed by atoms with Gasteiger partial charge in [0.1, 0.15) is 5.82 Å². The molecule has 2 aromatic heterocycles. The van der Waals surface area contributed by atoms with Gasteiger partial charge in [0, 0.05) is 38.0 Å². The molecule has 0 aliphatic rings. The van der Waals surface area contributed by atoms with E-state index in [0.717, 1.165) is 19.5 Å². The topological polar surface area (TPSA) is 54.2 Å². The molecular weight excluding hydrogens is 317 g/mol. The van der Waals surface area contributed by atoms with Crippen LogP contribution in [0, 0.1) is 5.82 Å². The van der Waals surface area contributed by atoms with Gasteiger partial charge in [0.05, 0.1) is 12.2 Å². The van der Waals surface area contributed by atoms with Gasteiger partial charge >= 0.3 is 0 Å². The first-order valence-corrected chi connectivity index (χ1v) is 8.36. The molecule has 0 radical (unpaired) electrons. The van der Waals surface area contributed by atoms with E-state index in [9.17, 15) is 4.39 Å². The lowest BCUT2D eigenvalue weighted by Crippen LogP contribution is -2.37. The van der Waals surface area contributed by atoms with Crippen LogP contribution in [0.25, 0.3) is 10.9 Å². The Morgan fingerprint density at radius 1 is 1.16 bits per heavy atom. The molecule has 0 saturated heterocycles. The van der Waals surface area contributed by atoms with Crippen LogP contribution in [-0.2, 0) is 13.1 Å². The number of nitrogens with zero attached hydrogens (tertiary/aromatic N) is 3. The van der Waals surface area contributed by atoms with Crippen molar-refractivity contribution < 1.29 is 4.39 Å². The van der Waals surface area contributed by atoms with E-state index in [1.165, 1.54) is 17.0 Å². The Balaban J connectivity index is 1.45. The number of fused-ring (bicyclic) bond motifs is 1. The largest absolute Gasteiger partial charge is 0.356 e. The molecule has 0 saturated carbocycles. The first kappa shape index (κ1) is 17.0. The maximum Gasteiger partial charge on any atom is 0.191 e. The molecule has 0 aliphatic carbocycles. The van der Waals surface area contributed by atoms with Gasteiger partial charge in [-0.25, -0.2) is 4.39 Å². The maximum absolute atomic E-state index is 13.6. The summed E-state index contributed by atoms with van der Waals surface area (Å²) in [5.74, 6) is 0.326. The highest BCUT2D eigenvalue weighted by atomic mass is 19.1. The Labute approximate surface area is 146 Å². The number of guanidine groups is 1. The van der Waals surface area contributed by atoms with Crippen LogP contribution in [0.3, 0.4) is 0 Å². The predicted molar refractivity (Wildman–Crippen MR) is 99.0 cm³/mol. The quantitative estimate of drug-likeness (QED) is 0.412. The van der Waals surface area contributed by atoms with Crippen LogP contribution in [0.15, 0.2) is 59.9 Å². The molecule has 25 heavy (non-hydrogen) atoms. The number of aliphatic imine (C=N–C) groups is 1. The minimum atomic E-state index is -0.315. The summed E-state index contributed by atoms with van der Waals surface area (Å²) in [6.45, 7) is 2.00. The summed E-state index contributed by atoms with van der Waals surface area (Å²) in [5.41, 5.74) is 1.62. The van der Waals surface area contributed by atoms with Crippen molar-refractivity contribution in [1.82, 2.24) is 20.2 Å². The van der Waals surface area contributed by atoms with Gasteiger partial charge in [0.15, 0.2) is 5.96 Å². The lowest BCUT2D eigenvalue weighted by atomic mass is 10.2. The van der Waals surface area contributed by atoms with E-state index in [1.54, 1.807) is 19.3 Å². The monoisotopic (exact) mass is 339 g/mol. The second kappa shape index (κ2) is 8.28. The Morgan fingerprint density at radius 3 is 2.88 bits per heavy atom. The summed E-state index contributed by atoms with van der Waals surface area (Å²) in [7, 11) is 1.70. The molecule has 3 aromatic rings. The van der Waals surface area contributed by atoms with E-state index < -0.39 is 0 Å². The molecule has 3 rings (SSSR count). The number of hydrogen-bond acceptors (Lipinski definition) is 2. The van der Waals surface area contributed by atoms with E-state index >= 15 is 0 Å². The zero-order valence-electron chi connectivity index (χ0n) is 14.2. The summed E-state index contributed by atoms with van der Waals surface area (Å²) in [6.07, 6.45) is 4.65. The third-order valence-corrected chi connectivity index (χ3v) is 4.03. The molecule has 0 spiro atoms. The van der Waals surface area contributed by atoms with Gasteiger partial charge in [0.2, 0.25) is 0 Å². The highest BCUT2D eigenvalue weighted by Crippen LogP contribution is 2.15. The van der Waals surface area contributed by atoms with Crippen molar-refractivity contribution in [1.29, 1.82) is 0 Å². The van der Waals surface area contributed by atoms with Crippen molar-refractivity contribution in [2.75, 3.05) is 13.6 Å². The molecule has 0 amide bonds. The van der Waals surface area contributed by atoms with Gasteiger partial charge in [-0.2, -0.15) is 0 Å². The zero-order valence-corrected chi connectivity index (χ0v) is 14.2. The second-order valence-corrected chi connectivity index (χ2v) is 5.71. The van der Waals surface area contributed by atoms with Crippen molar-refractivity contribution in [2.24, 2.45) is 4.99 Å². The molecule has 2 heterocycles. The number of pyridine rings is 1. The molecule has 130 valence electrons. The summed E-state index contributed by atoms with van der Waals surface area (Å²) in [6, 6.07) is 13.5. The fourth-order valence-electron chi connectivity index (χ4n) is 2.73. The van der Waals surface area contributed by atoms with Gasteiger partial charge in [-0.1, -0.05) is 18.2 Å². The second-order valence-electron chi connectivity index (χ2n) is 5.71. The molecule has 1 aromatic carbocycles. The minimum absolute atomic E-state index is 0.300. The van der Waals surface area contributed by atoms with Gasteiger partial charge in [0.25, 0.3) is 0 Å². The smallest absolute Gasteiger partial charge is 0.191 e. The molecule has 0 unspecified atom stereocenters. The summed E-state index contributed by atoms with van der Waals surface area (Å²) >= 11 is 0. The average Bonchev–Trinajstić information content (AvgIpc) is 3.05.